The number of hydrogen-bond donors (Lipinski definition) is 1. The van der Waals surface area contributed by atoms with Gasteiger partial charge in [0.2, 0.25) is 10.0 Å². The number of halogens is 1. The Morgan fingerprint density at radius 3 is 2.45 bits per heavy atom. The largest absolute Gasteiger partial charge is 0.451 e. The first-order chi connectivity index (χ1) is 15.6. The summed E-state index contributed by atoms with van der Waals surface area (Å²) in [6.45, 7) is 7.44. The Morgan fingerprint density at radius 2 is 1.79 bits per heavy atom. The molecular formula is C25H29ClN2O4S. The van der Waals surface area contributed by atoms with Crippen LogP contribution in [0, 0.1) is 18.8 Å². The summed E-state index contributed by atoms with van der Waals surface area (Å²) in [7, 11) is -3.61. The lowest BCUT2D eigenvalue weighted by Gasteiger charge is -2.34. The molecule has 1 amide bonds. The first kappa shape index (κ1) is 23.8. The molecule has 0 radical (unpaired) electrons. The van der Waals surface area contributed by atoms with Gasteiger partial charge in [-0.05, 0) is 67.5 Å². The second-order valence-corrected chi connectivity index (χ2v) is 11.5. The van der Waals surface area contributed by atoms with Gasteiger partial charge in [-0.1, -0.05) is 37.6 Å². The van der Waals surface area contributed by atoms with E-state index in [0.717, 1.165) is 12.0 Å². The molecule has 8 heteroatoms. The number of piperidine rings is 1. The van der Waals surface area contributed by atoms with Gasteiger partial charge in [0.1, 0.15) is 5.58 Å². The predicted octanol–water partition coefficient (Wildman–Crippen LogP) is 5.03. The van der Waals surface area contributed by atoms with Crippen molar-refractivity contribution in [2.24, 2.45) is 11.8 Å². The van der Waals surface area contributed by atoms with Gasteiger partial charge in [-0.3, -0.25) is 4.79 Å². The van der Waals surface area contributed by atoms with Gasteiger partial charge in [-0.25, -0.2) is 8.42 Å². The number of nitrogens with zero attached hydrogens (tertiary/aromatic N) is 1. The lowest BCUT2D eigenvalue weighted by molar-refractivity contribution is 0.0927. The maximum Gasteiger partial charge on any atom is 0.287 e. The van der Waals surface area contributed by atoms with E-state index >= 15 is 0 Å². The van der Waals surface area contributed by atoms with Crippen LogP contribution in [0.4, 0.5) is 0 Å². The lowest BCUT2D eigenvalue weighted by Crippen LogP contribution is -2.42. The first-order valence-corrected chi connectivity index (χ1v) is 13.0. The minimum atomic E-state index is -3.61. The Bertz CT molecular complexity index is 1260. The highest BCUT2D eigenvalue weighted by Gasteiger charge is 2.32. The van der Waals surface area contributed by atoms with Gasteiger partial charge < -0.3 is 9.73 Å². The molecule has 1 N–H and O–H groups in total. The molecule has 2 atom stereocenters. The van der Waals surface area contributed by atoms with Gasteiger partial charge in [0.25, 0.3) is 5.91 Å². The Labute approximate surface area is 200 Å². The number of aryl methyl sites for hydroxylation is 1. The van der Waals surface area contributed by atoms with Crippen LogP contribution in [0.15, 0.2) is 51.8 Å². The summed E-state index contributed by atoms with van der Waals surface area (Å²) in [6.07, 6.45) is 1.69. The van der Waals surface area contributed by atoms with Crippen LogP contribution in [0.3, 0.4) is 0 Å². The molecule has 0 saturated carbocycles. The fraction of sp³-hybridized carbons (Fsp3) is 0.400. The molecule has 1 fully saturated rings. The van der Waals surface area contributed by atoms with E-state index in [0.29, 0.717) is 59.4 Å². The second kappa shape index (κ2) is 9.49. The van der Waals surface area contributed by atoms with E-state index in [1.54, 1.807) is 29.4 Å². The molecule has 1 aliphatic rings. The van der Waals surface area contributed by atoms with E-state index in [1.807, 2.05) is 24.3 Å². The van der Waals surface area contributed by atoms with Crippen LogP contribution in [0.25, 0.3) is 11.0 Å². The van der Waals surface area contributed by atoms with Crippen molar-refractivity contribution < 1.29 is 17.6 Å². The van der Waals surface area contributed by atoms with Gasteiger partial charge in [0.15, 0.2) is 5.76 Å². The summed E-state index contributed by atoms with van der Waals surface area (Å²) >= 11 is 5.91. The number of amides is 1. The standard InChI is InChI=1S/C25H29ClN2O4S/c1-16-12-17(2)15-28(14-16)33(30,31)21-8-9-23-22(13-21)18(3)24(32-23)25(29)27-11-10-19-4-6-20(26)7-5-19/h4-9,13,16-17H,10-12,14-15H2,1-3H3,(H,27,29)/t16-,17-/m0/s1. The SMILES string of the molecule is Cc1c(C(=O)NCCc2ccc(Cl)cc2)oc2ccc(S(=O)(=O)N3C[C@@H](C)C[C@H](C)C3)cc12. The molecule has 176 valence electrons. The number of furan rings is 1. The normalized spacial score (nSPS) is 19.6. The third-order valence-electron chi connectivity index (χ3n) is 6.20. The number of sulfonamides is 1. The van der Waals surface area contributed by atoms with E-state index in [1.165, 1.54) is 0 Å². The van der Waals surface area contributed by atoms with Crippen LogP contribution in [-0.4, -0.2) is 38.3 Å². The molecule has 1 aromatic heterocycles. The van der Waals surface area contributed by atoms with E-state index < -0.39 is 10.0 Å². The molecule has 33 heavy (non-hydrogen) atoms. The van der Waals surface area contributed by atoms with Crippen molar-refractivity contribution in [2.45, 2.75) is 38.5 Å². The fourth-order valence-electron chi connectivity index (χ4n) is 4.58. The highest BCUT2D eigenvalue weighted by atomic mass is 35.5. The number of carbonyl (C=O) groups is 1. The molecule has 1 saturated heterocycles. The highest BCUT2D eigenvalue weighted by Crippen LogP contribution is 2.31. The van der Waals surface area contributed by atoms with E-state index in [4.69, 9.17) is 16.0 Å². The number of benzene rings is 2. The van der Waals surface area contributed by atoms with Crippen molar-refractivity contribution in [1.29, 1.82) is 0 Å². The van der Waals surface area contributed by atoms with Crippen molar-refractivity contribution >= 4 is 38.5 Å². The maximum atomic E-state index is 13.3. The van der Waals surface area contributed by atoms with Crippen LogP contribution in [0.1, 0.15) is 41.9 Å². The van der Waals surface area contributed by atoms with Crippen molar-refractivity contribution in [3.63, 3.8) is 0 Å². The summed E-state index contributed by atoms with van der Waals surface area (Å²) in [5.41, 5.74) is 2.19. The van der Waals surface area contributed by atoms with Gasteiger partial charge in [0, 0.05) is 35.6 Å². The zero-order valence-corrected chi connectivity index (χ0v) is 20.7. The summed E-state index contributed by atoms with van der Waals surface area (Å²) in [4.78, 5) is 13.0. The third-order valence-corrected chi connectivity index (χ3v) is 8.28. The van der Waals surface area contributed by atoms with Crippen molar-refractivity contribution in [3.05, 3.63) is 64.4 Å². The quantitative estimate of drug-likeness (QED) is 0.527. The number of hydrogen-bond acceptors (Lipinski definition) is 4. The molecule has 2 aromatic carbocycles. The molecule has 0 bridgehead atoms. The van der Waals surface area contributed by atoms with Crippen molar-refractivity contribution in [1.82, 2.24) is 9.62 Å². The fourth-order valence-corrected chi connectivity index (χ4v) is 6.41. The first-order valence-electron chi connectivity index (χ1n) is 11.2. The summed E-state index contributed by atoms with van der Waals surface area (Å²) in [6, 6.07) is 12.3. The molecule has 3 aromatic rings. The van der Waals surface area contributed by atoms with Gasteiger partial charge >= 0.3 is 0 Å². The molecule has 2 heterocycles. The minimum absolute atomic E-state index is 0.205. The number of carbonyl (C=O) groups excluding carboxylic acids is 1. The Kier molecular flexibility index (Phi) is 6.84. The van der Waals surface area contributed by atoms with Crippen molar-refractivity contribution in [2.75, 3.05) is 19.6 Å². The average molecular weight is 489 g/mol. The molecule has 0 spiro atoms. The molecule has 0 unspecified atom stereocenters. The van der Waals surface area contributed by atoms with E-state index in [9.17, 15) is 13.2 Å². The molecule has 0 aliphatic carbocycles. The van der Waals surface area contributed by atoms with Gasteiger partial charge in [-0.15, -0.1) is 0 Å². The Balaban J connectivity index is 1.51. The van der Waals surface area contributed by atoms with E-state index in [2.05, 4.69) is 19.2 Å². The Morgan fingerprint density at radius 1 is 1.12 bits per heavy atom. The smallest absolute Gasteiger partial charge is 0.287 e. The zero-order valence-electron chi connectivity index (χ0n) is 19.1. The summed E-state index contributed by atoms with van der Waals surface area (Å²) < 4.78 is 33.9. The number of fused-ring (bicyclic) bond motifs is 1. The third kappa shape index (κ3) is 5.10. The average Bonchev–Trinajstić information content (AvgIpc) is 3.10. The predicted molar refractivity (Wildman–Crippen MR) is 130 cm³/mol. The summed E-state index contributed by atoms with van der Waals surface area (Å²) in [5, 5.41) is 4.19. The minimum Gasteiger partial charge on any atom is -0.451 e. The van der Waals surface area contributed by atoms with Crippen LogP contribution < -0.4 is 5.32 Å². The molecule has 1 aliphatic heterocycles. The molecule has 4 rings (SSSR count). The van der Waals surface area contributed by atoms with Crippen molar-refractivity contribution in [3.8, 4) is 0 Å². The van der Waals surface area contributed by atoms with E-state index in [-0.39, 0.29) is 16.6 Å². The number of rotatable bonds is 6. The van der Waals surface area contributed by atoms with Gasteiger partial charge in [0.05, 0.1) is 4.90 Å². The molecular weight excluding hydrogens is 460 g/mol. The monoisotopic (exact) mass is 488 g/mol. The maximum absolute atomic E-state index is 13.3. The van der Waals surface area contributed by atoms with Crippen LogP contribution in [-0.2, 0) is 16.4 Å². The van der Waals surface area contributed by atoms with Crippen LogP contribution in [0.5, 0.6) is 0 Å². The second-order valence-electron chi connectivity index (χ2n) is 9.11. The lowest BCUT2D eigenvalue weighted by atomic mass is 9.94. The highest BCUT2D eigenvalue weighted by molar-refractivity contribution is 7.89. The number of nitrogens with one attached hydrogen (secondary N) is 1. The summed E-state index contributed by atoms with van der Waals surface area (Å²) in [5.74, 6) is 0.536. The van der Waals surface area contributed by atoms with Crippen LogP contribution >= 0.6 is 11.6 Å². The Hall–Kier alpha value is -2.35. The van der Waals surface area contributed by atoms with Crippen LogP contribution in [0.2, 0.25) is 5.02 Å². The topological polar surface area (TPSA) is 79.6 Å². The molecule has 6 nitrogen and oxygen atoms in total. The zero-order chi connectivity index (χ0) is 23.8. The van der Waals surface area contributed by atoms with Gasteiger partial charge in [-0.2, -0.15) is 4.31 Å².